The van der Waals surface area contributed by atoms with Crippen LogP contribution in [0.15, 0.2) is 0 Å². The van der Waals surface area contributed by atoms with Crippen LogP contribution < -0.4 is 5.32 Å². The van der Waals surface area contributed by atoms with Gasteiger partial charge in [0.15, 0.2) is 0 Å². The van der Waals surface area contributed by atoms with Gasteiger partial charge in [0.05, 0.1) is 12.3 Å². The zero-order valence-corrected chi connectivity index (χ0v) is 13.4. The summed E-state index contributed by atoms with van der Waals surface area (Å²) in [5, 5.41) is 8.42. The molecule has 114 valence electrons. The summed E-state index contributed by atoms with van der Waals surface area (Å²) >= 11 is 0. The van der Waals surface area contributed by atoms with Gasteiger partial charge in [-0.3, -0.25) is 4.68 Å². The van der Waals surface area contributed by atoms with Crippen LogP contribution in [0.3, 0.4) is 0 Å². The molecule has 1 aromatic rings. The Bertz CT molecular complexity index is 422. The summed E-state index contributed by atoms with van der Waals surface area (Å²) in [4.78, 5) is 0. The average molecular weight is 279 g/mol. The number of aryl methyl sites for hydroxylation is 1. The summed E-state index contributed by atoms with van der Waals surface area (Å²) in [6, 6.07) is 0.434. The fourth-order valence-electron chi connectivity index (χ4n) is 3.13. The Morgan fingerprint density at radius 2 is 2.20 bits per heavy atom. The van der Waals surface area contributed by atoms with Gasteiger partial charge in [-0.05, 0) is 39.7 Å². The van der Waals surface area contributed by atoms with E-state index in [0.717, 1.165) is 32.7 Å². The van der Waals surface area contributed by atoms with Gasteiger partial charge in [0.2, 0.25) is 0 Å². The van der Waals surface area contributed by atoms with Crippen LogP contribution in [-0.4, -0.2) is 29.5 Å². The van der Waals surface area contributed by atoms with E-state index in [9.17, 15) is 0 Å². The second kappa shape index (κ2) is 7.23. The van der Waals surface area contributed by atoms with Gasteiger partial charge in [-0.15, -0.1) is 0 Å². The van der Waals surface area contributed by atoms with Gasteiger partial charge in [0.1, 0.15) is 0 Å². The van der Waals surface area contributed by atoms with Crippen molar-refractivity contribution in [1.29, 1.82) is 0 Å². The molecule has 0 saturated carbocycles. The predicted octanol–water partition coefficient (Wildman–Crippen LogP) is 2.99. The first kappa shape index (κ1) is 15.5. The second-order valence-corrected chi connectivity index (χ2v) is 5.91. The van der Waals surface area contributed by atoms with Crippen LogP contribution in [0.4, 0.5) is 0 Å². The van der Waals surface area contributed by atoms with Crippen molar-refractivity contribution in [3.8, 4) is 0 Å². The van der Waals surface area contributed by atoms with Crippen LogP contribution >= 0.6 is 0 Å². The number of hydrogen-bond acceptors (Lipinski definition) is 3. The van der Waals surface area contributed by atoms with Gasteiger partial charge in [-0.1, -0.05) is 13.8 Å². The predicted molar refractivity (Wildman–Crippen MR) is 82.0 cm³/mol. The number of rotatable bonds is 7. The molecule has 0 amide bonds. The normalized spacial score (nSPS) is 20.5. The first-order chi connectivity index (χ1) is 9.67. The highest BCUT2D eigenvalue weighted by Gasteiger charge is 2.22. The van der Waals surface area contributed by atoms with E-state index in [-0.39, 0.29) is 0 Å². The Morgan fingerprint density at radius 1 is 1.40 bits per heavy atom. The molecule has 0 aliphatic carbocycles. The van der Waals surface area contributed by atoms with E-state index >= 15 is 0 Å². The maximum absolute atomic E-state index is 5.47. The van der Waals surface area contributed by atoms with E-state index in [1.807, 2.05) is 0 Å². The van der Waals surface area contributed by atoms with Crippen LogP contribution in [0.25, 0.3) is 0 Å². The fourth-order valence-corrected chi connectivity index (χ4v) is 3.13. The van der Waals surface area contributed by atoms with Crippen molar-refractivity contribution in [2.45, 2.75) is 59.5 Å². The minimum atomic E-state index is 0.434. The molecule has 0 radical (unpaired) electrons. The number of nitrogens with one attached hydrogen (secondary N) is 1. The summed E-state index contributed by atoms with van der Waals surface area (Å²) < 4.78 is 7.67. The third kappa shape index (κ3) is 3.41. The van der Waals surface area contributed by atoms with Crippen LogP contribution in [0.5, 0.6) is 0 Å². The van der Waals surface area contributed by atoms with Crippen LogP contribution in [0.2, 0.25) is 0 Å². The average Bonchev–Trinajstić information content (AvgIpc) is 3.03. The van der Waals surface area contributed by atoms with Crippen molar-refractivity contribution >= 4 is 0 Å². The van der Waals surface area contributed by atoms with E-state index < -0.39 is 0 Å². The number of ether oxygens (including phenoxy) is 1. The molecule has 1 aliphatic heterocycles. The lowest BCUT2D eigenvalue weighted by Crippen LogP contribution is -2.22. The summed E-state index contributed by atoms with van der Waals surface area (Å²) in [5.74, 6) is 0.629. The van der Waals surface area contributed by atoms with Crippen molar-refractivity contribution < 1.29 is 4.74 Å². The number of hydrogen-bond donors (Lipinski definition) is 1. The first-order valence-corrected chi connectivity index (χ1v) is 8.02. The van der Waals surface area contributed by atoms with Gasteiger partial charge in [-0.25, -0.2) is 0 Å². The Labute approximate surface area is 122 Å². The third-order valence-electron chi connectivity index (χ3n) is 4.29. The molecule has 1 aliphatic rings. The van der Waals surface area contributed by atoms with E-state index in [0.29, 0.717) is 12.0 Å². The molecule has 2 atom stereocenters. The highest BCUT2D eigenvalue weighted by Crippen LogP contribution is 2.25. The highest BCUT2D eigenvalue weighted by atomic mass is 16.5. The second-order valence-electron chi connectivity index (χ2n) is 5.91. The SMILES string of the molecule is CCCNC(CC)c1c(C)nn(CC2CCOC2)c1C. The lowest BCUT2D eigenvalue weighted by atomic mass is 10.0. The molecule has 2 rings (SSSR count). The molecule has 0 aromatic carbocycles. The standard InChI is InChI=1S/C16H29N3O/c1-5-8-17-15(6-2)16-12(3)18-19(13(16)4)10-14-7-9-20-11-14/h14-15,17H,5-11H2,1-4H3. The van der Waals surface area contributed by atoms with Crippen molar-refractivity contribution in [3.63, 3.8) is 0 Å². The highest BCUT2D eigenvalue weighted by molar-refractivity contribution is 5.28. The summed E-state index contributed by atoms with van der Waals surface area (Å²) in [5.41, 5.74) is 3.90. The quantitative estimate of drug-likeness (QED) is 0.834. The van der Waals surface area contributed by atoms with Gasteiger partial charge in [0.25, 0.3) is 0 Å². The molecule has 0 bridgehead atoms. The lowest BCUT2D eigenvalue weighted by molar-refractivity contribution is 0.181. The molecule has 2 unspecified atom stereocenters. The minimum Gasteiger partial charge on any atom is -0.381 e. The van der Waals surface area contributed by atoms with Gasteiger partial charge in [0, 0.05) is 36.4 Å². The maximum atomic E-state index is 5.47. The molecule has 1 saturated heterocycles. The topological polar surface area (TPSA) is 39.1 Å². The minimum absolute atomic E-state index is 0.434. The van der Waals surface area contributed by atoms with E-state index in [1.54, 1.807) is 0 Å². The van der Waals surface area contributed by atoms with E-state index in [2.05, 4.69) is 37.7 Å². The molecule has 1 aromatic heterocycles. The van der Waals surface area contributed by atoms with Crippen molar-refractivity contribution in [2.24, 2.45) is 5.92 Å². The van der Waals surface area contributed by atoms with E-state index in [4.69, 9.17) is 9.84 Å². The van der Waals surface area contributed by atoms with Gasteiger partial charge < -0.3 is 10.1 Å². The molecular weight excluding hydrogens is 250 g/mol. The first-order valence-electron chi connectivity index (χ1n) is 8.02. The van der Waals surface area contributed by atoms with E-state index in [1.165, 1.54) is 29.8 Å². The Kier molecular flexibility index (Phi) is 5.61. The molecule has 1 fully saturated rings. The molecule has 20 heavy (non-hydrogen) atoms. The third-order valence-corrected chi connectivity index (χ3v) is 4.29. The molecule has 4 heteroatoms. The van der Waals surface area contributed by atoms with Gasteiger partial charge >= 0.3 is 0 Å². The zero-order chi connectivity index (χ0) is 14.5. The molecule has 0 spiro atoms. The van der Waals surface area contributed by atoms with Crippen LogP contribution in [0, 0.1) is 19.8 Å². The summed E-state index contributed by atoms with van der Waals surface area (Å²) in [7, 11) is 0. The van der Waals surface area contributed by atoms with Crippen molar-refractivity contribution in [2.75, 3.05) is 19.8 Å². The number of aromatic nitrogens is 2. The van der Waals surface area contributed by atoms with Crippen molar-refractivity contribution in [3.05, 3.63) is 17.0 Å². The molecule has 4 nitrogen and oxygen atoms in total. The summed E-state index contributed by atoms with van der Waals surface area (Å²) in [6.45, 7) is 12.7. The fraction of sp³-hybridized carbons (Fsp3) is 0.812. The van der Waals surface area contributed by atoms with Crippen molar-refractivity contribution in [1.82, 2.24) is 15.1 Å². The Morgan fingerprint density at radius 3 is 2.80 bits per heavy atom. The zero-order valence-electron chi connectivity index (χ0n) is 13.4. The van der Waals surface area contributed by atoms with Crippen LogP contribution in [-0.2, 0) is 11.3 Å². The Balaban J connectivity index is 2.13. The molecule has 1 N–H and O–H groups in total. The number of nitrogens with zero attached hydrogens (tertiary/aromatic N) is 2. The smallest absolute Gasteiger partial charge is 0.0644 e. The lowest BCUT2D eigenvalue weighted by Gasteiger charge is -2.18. The monoisotopic (exact) mass is 279 g/mol. The summed E-state index contributed by atoms with van der Waals surface area (Å²) in [6.07, 6.45) is 3.45. The maximum Gasteiger partial charge on any atom is 0.0644 e. The molecule has 2 heterocycles. The molecular formula is C16H29N3O. The van der Waals surface area contributed by atoms with Crippen LogP contribution in [0.1, 0.15) is 56.1 Å². The largest absolute Gasteiger partial charge is 0.381 e. The van der Waals surface area contributed by atoms with Gasteiger partial charge in [-0.2, -0.15) is 5.10 Å². The Hall–Kier alpha value is -0.870.